The molecule has 1 rings (SSSR count). The first-order valence-corrected chi connectivity index (χ1v) is 7.48. The molecular weight excluding hydrogens is 335 g/mol. The molecule has 0 heterocycles. The van der Waals surface area contributed by atoms with Gasteiger partial charge in [0.05, 0.1) is 7.11 Å². The fraction of sp³-hybridized carbons (Fsp3) is 0.500. The number of hydrogen-bond acceptors (Lipinski definition) is 4. The van der Waals surface area contributed by atoms with Gasteiger partial charge in [-0.2, -0.15) is 0 Å². The van der Waals surface area contributed by atoms with E-state index >= 15 is 0 Å². The molecule has 0 spiro atoms. The number of carbonyl (C=O) groups excluding carboxylic acids is 1. The number of halogens is 3. The molecule has 0 saturated carbocycles. The Kier molecular flexibility index (Phi) is 10.6. The maximum atomic E-state index is 11.3. The topological polar surface area (TPSA) is 55.6 Å². The summed E-state index contributed by atoms with van der Waals surface area (Å²) in [7, 11) is 1.33. The summed E-state index contributed by atoms with van der Waals surface area (Å²) in [5.74, 6) is 0.692. The summed E-state index contributed by atoms with van der Waals surface area (Å²) < 4.78 is 4.61. The summed E-state index contributed by atoms with van der Waals surface area (Å²) in [6.45, 7) is 1.49. The first kappa shape index (κ1) is 20.3. The molecule has 2 N–H and O–H groups in total. The smallest absolute Gasteiger partial charge is 0.322 e. The lowest BCUT2D eigenvalue weighted by atomic mass is 10.1. The standard InChI is InChI=1S/C14H20Cl2N2O2.ClH/c1-20-14(19)13(17)10-11-2-4-12(5-3-11)18(8-6-15)9-7-16;/h2-5,13H,6-10,17H2,1H3;1H/t13-;/m0./s1. The van der Waals surface area contributed by atoms with E-state index in [-0.39, 0.29) is 12.4 Å². The SMILES string of the molecule is COC(=O)[C@@H](N)Cc1ccc(N(CCCl)CCCl)cc1.Cl. The van der Waals surface area contributed by atoms with Crippen LogP contribution in [-0.2, 0) is 16.0 Å². The molecule has 0 bridgehead atoms. The molecular formula is C14H21Cl3N2O2. The number of rotatable bonds is 8. The lowest BCUT2D eigenvalue weighted by Crippen LogP contribution is -2.33. The third-order valence-electron chi connectivity index (χ3n) is 2.97. The van der Waals surface area contributed by atoms with Crippen LogP contribution in [0.4, 0.5) is 5.69 Å². The largest absolute Gasteiger partial charge is 0.468 e. The molecule has 0 amide bonds. The van der Waals surface area contributed by atoms with Gasteiger partial charge in [0.15, 0.2) is 0 Å². The van der Waals surface area contributed by atoms with Crippen LogP contribution in [-0.4, -0.2) is 44.0 Å². The third-order valence-corrected chi connectivity index (χ3v) is 3.31. The quantitative estimate of drug-likeness (QED) is 0.575. The van der Waals surface area contributed by atoms with E-state index in [0.29, 0.717) is 18.2 Å². The first-order chi connectivity index (χ1) is 9.62. The number of nitrogens with zero attached hydrogens (tertiary/aromatic N) is 1. The summed E-state index contributed by atoms with van der Waals surface area (Å²) in [6.07, 6.45) is 0.456. The second-order valence-electron chi connectivity index (χ2n) is 4.37. The van der Waals surface area contributed by atoms with Crippen molar-refractivity contribution in [1.82, 2.24) is 0 Å². The number of hydrogen-bond donors (Lipinski definition) is 1. The number of carbonyl (C=O) groups is 1. The van der Waals surface area contributed by atoms with Crippen LogP contribution in [0.3, 0.4) is 0 Å². The van der Waals surface area contributed by atoms with Crippen LogP contribution in [0.2, 0.25) is 0 Å². The van der Waals surface area contributed by atoms with Crippen molar-refractivity contribution in [1.29, 1.82) is 0 Å². The van der Waals surface area contributed by atoms with E-state index in [1.807, 2.05) is 24.3 Å². The van der Waals surface area contributed by atoms with Crippen LogP contribution in [0.5, 0.6) is 0 Å². The summed E-state index contributed by atoms with van der Waals surface area (Å²) in [6, 6.07) is 7.24. The molecule has 7 heteroatoms. The van der Waals surface area contributed by atoms with Crippen LogP contribution in [0.25, 0.3) is 0 Å². The Hall–Kier alpha value is -0.680. The van der Waals surface area contributed by atoms with Crippen molar-refractivity contribution in [2.24, 2.45) is 5.73 Å². The van der Waals surface area contributed by atoms with E-state index in [9.17, 15) is 4.79 Å². The van der Waals surface area contributed by atoms with Gasteiger partial charge in [-0.15, -0.1) is 35.6 Å². The van der Waals surface area contributed by atoms with Crippen LogP contribution in [0, 0.1) is 0 Å². The molecule has 1 atom stereocenters. The van der Waals surface area contributed by atoms with Crippen molar-refractivity contribution in [3.63, 3.8) is 0 Å². The Labute approximate surface area is 141 Å². The summed E-state index contributed by atoms with van der Waals surface area (Å²) in [5, 5.41) is 0. The van der Waals surface area contributed by atoms with Gasteiger partial charge in [0, 0.05) is 30.5 Å². The molecule has 0 radical (unpaired) electrons. The molecule has 1 aromatic rings. The van der Waals surface area contributed by atoms with E-state index < -0.39 is 12.0 Å². The first-order valence-electron chi connectivity index (χ1n) is 6.41. The number of anilines is 1. The van der Waals surface area contributed by atoms with Gasteiger partial charge >= 0.3 is 5.97 Å². The number of ether oxygens (including phenoxy) is 1. The molecule has 1 aromatic carbocycles. The van der Waals surface area contributed by atoms with Crippen molar-refractivity contribution in [2.75, 3.05) is 36.9 Å². The molecule has 4 nitrogen and oxygen atoms in total. The number of benzene rings is 1. The second kappa shape index (κ2) is 11.0. The predicted octanol–water partition coefficient (Wildman–Crippen LogP) is 2.44. The zero-order chi connectivity index (χ0) is 15.0. The fourth-order valence-corrected chi connectivity index (χ4v) is 2.31. The van der Waals surface area contributed by atoms with E-state index in [0.717, 1.165) is 24.3 Å². The van der Waals surface area contributed by atoms with Gasteiger partial charge in [-0.3, -0.25) is 4.79 Å². The zero-order valence-corrected chi connectivity index (χ0v) is 14.3. The van der Waals surface area contributed by atoms with E-state index in [4.69, 9.17) is 28.9 Å². The summed E-state index contributed by atoms with van der Waals surface area (Å²) in [4.78, 5) is 13.4. The molecule has 0 aliphatic rings. The van der Waals surface area contributed by atoms with Gasteiger partial charge in [-0.25, -0.2) is 0 Å². The highest BCUT2D eigenvalue weighted by Crippen LogP contribution is 2.16. The fourth-order valence-electron chi connectivity index (χ4n) is 1.91. The van der Waals surface area contributed by atoms with Crippen LogP contribution in [0.15, 0.2) is 24.3 Å². The van der Waals surface area contributed by atoms with Gasteiger partial charge < -0.3 is 15.4 Å². The van der Waals surface area contributed by atoms with Crippen molar-refractivity contribution >= 4 is 47.3 Å². The van der Waals surface area contributed by atoms with Gasteiger partial charge in [0.25, 0.3) is 0 Å². The highest BCUT2D eigenvalue weighted by atomic mass is 35.5. The van der Waals surface area contributed by atoms with Crippen LogP contribution < -0.4 is 10.6 Å². The maximum absolute atomic E-state index is 11.3. The molecule has 0 aliphatic carbocycles. The Morgan fingerprint density at radius 3 is 2.19 bits per heavy atom. The third kappa shape index (κ3) is 6.74. The van der Waals surface area contributed by atoms with Crippen LogP contribution >= 0.6 is 35.6 Å². The predicted molar refractivity (Wildman–Crippen MR) is 91.0 cm³/mol. The minimum atomic E-state index is -0.632. The number of esters is 1. The molecule has 21 heavy (non-hydrogen) atoms. The maximum Gasteiger partial charge on any atom is 0.322 e. The molecule has 0 saturated heterocycles. The van der Waals surface area contributed by atoms with Crippen molar-refractivity contribution < 1.29 is 9.53 Å². The highest BCUT2D eigenvalue weighted by Gasteiger charge is 2.14. The zero-order valence-electron chi connectivity index (χ0n) is 11.9. The van der Waals surface area contributed by atoms with Crippen molar-refractivity contribution in [2.45, 2.75) is 12.5 Å². The summed E-state index contributed by atoms with van der Waals surface area (Å²) >= 11 is 11.6. The number of alkyl halides is 2. The Bertz CT molecular complexity index is 409. The van der Waals surface area contributed by atoms with Crippen molar-refractivity contribution in [3.05, 3.63) is 29.8 Å². The molecule has 120 valence electrons. The van der Waals surface area contributed by atoms with Crippen LogP contribution in [0.1, 0.15) is 5.56 Å². The van der Waals surface area contributed by atoms with Gasteiger partial charge in [-0.1, -0.05) is 12.1 Å². The average molecular weight is 356 g/mol. The molecule has 0 aliphatic heterocycles. The number of methoxy groups -OCH3 is 1. The molecule has 0 aromatic heterocycles. The molecule has 0 fully saturated rings. The minimum absolute atomic E-state index is 0. The number of nitrogens with two attached hydrogens (primary N) is 1. The Balaban J connectivity index is 0.00000400. The Morgan fingerprint density at radius 1 is 1.24 bits per heavy atom. The van der Waals surface area contributed by atoms with Gasteiger partial charge in [0.1, 0.15) is 6.04 Å². The molecule has 0 unspecified atom stereocenters. The van der Waals surface area contributed by atoms with E-state index in [1.165, 1.54) is 7.11 Å². The second-order valence-corrected chi connectivity index (χ2v) is 5.12. The average Bonchev–Trinajstić information content (AvgIpc) is 2.47. The lowest BCUT2D eigenvalue weighted by Gasteiger charge is -2.23. The van der Waals surface area contributed by atoms with Crippen molar-refractivity contribution in [3.8, 4) is 0 Å². The minimum Gasteiger partial charge on any atom is -0.468 e. The normalized spacial score (nSPS) is 11.4. The van der Waals surface area contributed by atoms with E-state index in [2.05, 4.69) is 9.64 Å². The monoisotopic (exact) mass is 354 g/mol. The Morgan fingerprint density at radius 2 is 1.76 bits per heavy atom. The van der Waals surface area contributed by atoms with E-state index in [1.54, 1.807) is 0 Å². The highest BCUT2D eigenvalue weighted by molar-refractivity contribution is 6.18. The van der Waals surface area contributed by atoms with Gasteiger partial charge in [-0.05, 0) is 24.1 Å². The lowest BCUT2D eigenvalue weighted by molar-refractivity contribution is -0.142. The summed E-state index contributed by atoms with van der Waals surface area (Å²) in [5.41, 5.74) is 7.78. The van der Waals surface area contributed by atoms with Gasteiger partial charge in [0.2, 0.25) is 0 Å².